The number of non-ortho nitro benzene ring substituents is 1. The summed E-state index contributed by atoms with van der Waals surface area (Å²) in [6, 6.07) is 7.14. The minimum Gasteiger partial charge on any atom is -0.481 e. The van der Waals surface area contributed by atoms with E-state index in [1.54, 1.807) is 19.9 Å². The molecule has 0 saturated heterocycles. The Morgan fingerprint density at radius 3 is 2.64 bits per heavy atom. The predicted octanol–water partition coefficient (Wildman–Crippen LogP) is 2.69. The van der Waals surface area contributed by atoms with Crippen LogP contribution in [0.25, 0.3) is 0 Å². The average molecular weight is 305 g/mol. The highest BCUT2D eigenvalue weighted by Crippen LogP contribution is 2.19. The van der Waals surface area contributed by atoms with Gasteiger partial charge in [0.05, 0.1) is 4.92 Å². The molecule has 2 rings (SSSR count). The lowest BCUT2D eigenvalue weighted by molar-refractivity contribution is -0.384. The molecule has 116 valence electrons. The SMILES string of the molecule is CC[C@@H](Oc1ccc([N+](=O)[O-])cc1)C(=O)Nc1cc(C)on1. The van der Waals surface area contributed by atoms with Gasteiger partial charge in [-0.05, 0) is 25.5 Å². The van der Waals surface area contributed by atoms with Gasteiger partial charge in [0, 0.05) is 18.2 Å². The molecule has 0 bridgehead atoms. The number of anilines is 1. The molecule has 1 aromatic carbocycles. The Bertz CT molecular complexity index is 665. The minimum absolute atomic E-state index is 0.0390. The third kappa shape index (κ3) is 3.81. The zero-order valence-corrected chi connectivity index (χ0v) is 12.1. The lowest BCUT2D eigenvalue weighted by Crippen LogP contribution is -2.32. The van der Waals surface area contributed by atoms with Crippen LogP contribution in [0.15, 0.2) is 34.9 Å². The number of carbonyl (C=O) groups excluding carboxylic acids is 1. The summed E-state index contributed by atoms with van der Waals surface area (Å²) in [5.74, 6) is 0.908. The van der Waals surface area contributed by atoms with Crippen LogP contribution in [0.2, 0.25) is 0 Å². The number of nitrogens with one attached hydrogen (secondary N) is 1. The van der Waals surface area contributed by atoms with Gasteiger partial charge in [0.25, 0.3) is 11.6 Å². The Labute approximate surface area is 126 Å². The Hall–Kier alpha value is -2.90. The standard InChI is InChI=1S/C14H15N3O5/c1-3-12(14(18)15-13-8-9(2)22-16-13)21-11-6-4-10(5-7-11)17(19)20/h4-8,12H,3H2,1-2H3,(H,15,16,18)/t12-/m1/s1. The maximum atomic E-state index is 12.1. The van der Waals surface area contributed by atoms with E-state index in [1.807, 2.05) is 0 Å². The normalized spacial score (nSPS) is 11.7. The number of benzene rings is 1. The highest BCUT2D eigenvalue weighted by molar-refractivity contribution is 5.93. The third-order valence-corrected chi connectivity index (χ3v) is 2.87. The molecular weight excluding hydrogens is 290 g/mol. The van der Waals surface area contributed by atoms with E-state index in [4.69, 9.17) is 9.26 Å². The lowest BCUT2D eigenvalue weighted by Gasteiger charge is -2.16. The van der Waals surface area contributed by atoms with Crippen molar-refractivity contribution in [3.8, 4) is 5.75 Å². The van der Waals surface area contributed by atoms with Crippen molar-refractivity contribution < 1.29 is 19.0 Å². The molecule has 2 aromatic rings. The molecule has 1 aromatic heterocycles. The molecule has 1 amide bonds. The average Bonchev–Trinajstić information content (AvgIpc) is 2.90. The van der Waals surface area contributed by atoms with Crippen LogP contribution in [0.1, 0.15) is 19.1 Å². The second-order valence-electron chi connectivity index (χ2n) is 4.58. The fourth-order valence-corrected chi connectivity index (χ4v) is 1.76. The van der Waals surface area contributed by atoms with Crippen LogP contribution in [0.5, 0.6) is 5.75 Å². The summed E-state index contributed by atoms with van der Waals surface area (Å²) in [6.07, 6.45) is -0.307. The van der Waals surface area contributed by atoms with E-state index in [2.05, 4.69) is 10.5 Å². The topological polar surface area (TPSA) is 108 Å². The number of hydrogen-bond acceptors (Lipinski definition) is 6. The van der Waals surface area contributed by atoms with Gasteiger partial charge in [-0.1, -0.05) is 12.1 Å². The molecule has 0 aliphatic carbocycles. The van der Waals surface area contributed by atoms with Crippen LogP contribution in [-0.2, 0) is 4.79 Å². The van der Waals surface area contributed by atoms with Gasteiger partial charge in [-0.25, -0.2) is 0 Å². The predicted molar refractivity (Wildman–Crippen MR) is 77.7 cm³/mol. The molecule has 0 aliphatic rings. The molecule has 0 spiro atoms. The van der Waals surface area contributed by atoms with Gasteiger partial charge in [-0.2, -0.15) is 0 Å². The number of amides is 1. The molecule has 1 N–H and O–H groups in total. The molecule has 0 unspecified atom stereocenters. The van der Waals surface area contributed by atoms with Crippen LogP contribution in [-0.4, -0.2) is 22.1 Å². The number of aryl methyl sites for hydroxylation is 1. The van der Waals surface area contributed by atoms with Crippen molar-refractivity contribution in [2.24, 2.45) is 0 Å². The number of rotatable bonds is 6. The van der Waals surface area contributed by atoms with Gasteiger partial charge in [-0.15, -0.1) is 0 Å². The van der Waals surface area contributed by atoms with Gasteiger partial charge in [0.15, 0.2) is 11.9 Å². The molecule has 8 nitrogen and oxygen atoms in total. The van der Waals surface area contributed by atoms with E-state index in [-0.39, 0.29) is 11.6 Å². The highest BCUT2D eigenvalue weighted by atomic mass is 16.6. The van der Waals surface area contributed by atoms with Crippen LogP contribution < -0.4 is 10.1 Å². The maximum Gasteiger partial charge on any atom is 0.269 e. The minimum atomic E-state index is -0.738. The highest BCUT2D eigenvalue weighted by Gasteiger charge is 2.20. The van der Waals surface area contributed by atoms with E-state index in [1.165, 1.54) is 24.3 Å². The van der Waals surface area contributed by atoms with Crippen molar-refractivity contribution in [3.63, 3.8) is 0 Å². The summed E-state index contributed by atoms with van der Waals surface area (Å²) >= 11 is 0. The quantitative estimate of drug-likeness (QED) is 0.649. The maximum absolute atomic E-state index is 12.1. The van der Waals surface area contributed by atoms with Crippen molar-refractivity contribution in [1.82, 2.24) is 5.16 Å². The number of nitrogens with zero attached hydrogens (tertiary/aromatic N) is 2. The lowest BCUT2D eigenvalue weighted by atomic mass is 10.2. The van der Waals surface area contributed by atoms with Gasteiger partial charge in [0.2, 0.25) is 0 Å². The van der Waals surface area contributed by atoms with Crippen molar-refractivity contribution in [2.45, 2.75) is 26.4 Å². The molecule has 0 radical (unpaired) electrons. The van der Waals surface area contributed by atoms with E-state index < -0.39 is 11.0 Å². The van der Waals surface area contributed by atoms with Crippen molar-refractivity contribution in [1.29, 1.82) is 0 Å². The number of aromatic nitrogens is 1. The number of nitro groups is 1. The first-order valence-electron chi connectivity index (χ1n) is 6.65. The smallest absolute Gasteiger partial charge is 0.269 e. The monoisotopic (exact) mass is 305 g/mol. The fraction of sp³-hybridized carbons (Fsp3) is 0.286. The summed E-state index contributed by atoms with van der Waals surface area (Å²) in [6.45, 7) is 3.51. The largest absolute Gasteiger partial charge is 0.481 e. The van der Waals surface area contributed by atoms with Gasteiger partial charge in [0.1, 0.15) is 11.5 Å². The zero-order chi connectivity index (χ0) is 16.1. The molecule has 1 heterocycles. The van der Waals surface area contributed by atoms with Crippen LogP contribution >= 0.6 is 0 Å². The second kappa shape index (κ2) is 6.70. The summed E-state index contributed by atoms with van der Waals surface area (Å²) < 4.78 is 10.4. The number of nitro benzene ring substituents is 1. The van der Waals surface area contributed by atoms with E-state index in [9.17, 15) is 14.9 Å². The number of hydrogen-bond donors (Lipinski definition) is 1. The molecule has 8 heteroatoms. The van der Waals surface area contributed by atoms with Crippen molar-refractivity contribution >= 4 is 17.4 Å². The van der Waals surface area contributed by atoms with Gasteiger partial charge >= 0.3 is 0 Å². The summed E-state index contributed by atoms with van der Waals surface area (Å²) in [5.41, 5.74) is -0.0390. The van der Waals surface area contributed by atoms with E-state index >= 15 is 0 Å². The first-order valence-corrected chi connectivity index (χ1v) is 6.65. The first-order chi connectivity index (χ1) is 10.5. The molecule has 0 fully saturated rings. The van der Waals surface area contributed by atoms with E-state index in [0.29, 0.717) is 23.7 Å². The van der Waals surface area contributed by atoms with Crippen LogP contribution in [0.4, 0.5) is 11.5 Å². The van der Waals surface area contributed by atoms with Crippen molar-refractivity contribution in [2.75, 3.05) is 5.32 Å². The van der Waals surface area contributed by atoms with Gasteiger partial charge < -0.3 is 14.6 Å². The van der Waals surface area contributed by atoms with Gasteiger partial charge in [-0.3, -0.25) is 14.9 Å². The fourth-order valence-electron chi connectivity index (χ4n) is 1.76. The molecule has 22 heavy (non-hydrogen) atoms. The van der Waals surface area contributed by atoms with E-state index in [0.717, 1.165) is 0 Å². The second-order valence-corrected chi connectivity index (χ2v) is 4.58. The number of ether oxygens (including phenoxy) is 1. The Balaban J connectivity index is 2.01. The Morgan fingerprint density at radius 2 is 2.14 bits per heavy atom. The number of carbonyl (C=O) groups is 1. The summed E-state index contributed by atoms with van der Waals surface area (Å²) in [7, 11) is 0. The van der Waals surface area contributed by atoms with Crippen LogP contribution in [0, 0.1) is 17.0 Å². The van der Waals surface area contributed by atoms with Crippen molar-refractivity contribution in [3.05, 3.63) is 46.2 Å². The summed E-state index contributed by atoms with van der Waals surface area (Å²) in [5, 5.41) is 16.8. The molecule has 0 saturated carbocycles. The molecule has 0 aliphatic heterocycles. The molecule has 1 atom stereocenters. The Morgan fingerprint density at radius 1 is 1.45 bits per heavy atom. The third-order valence-electron chi connectivity index (χ3n) is 2.87. The Kier molecular flexibility index (Phi) is 4.72. The van der Waals surface area contributed by atoms with Crippen LogP contribution in [0.3, 0.4) is 0 Å². The molecular formula is C14H15N3O5. The summed E-state index contributed by atoms with van der Waals surface area (Å²) in [4.78, 5) is 22.2. The first kappa shape index (κ1) is 15.5. The zero-order valence-electron chi connectivity index (χ0n) is 12.1.